The van der Waals surface area contributed by atoms with Gasteiger partial charge in [0.2, 0.25) is 15.9 Å². The highest BCUT2D eigenvalue weighted by molar-refractivity contribution is 7.90. The highest BCUT2D eigenvalue weighted by Gasteiger charge is 2.26. The molecule has 0 radical (unpaired) electrons. The summed E-state index contributed by atoms with van der Waals surface area (Å²) in [6, 6.07) is 0. The first-order chi connectivity index (χ1) is 6.93. The second-order valence-corrected chi connectivity index (χ2v) is 6.34. The van der Waals surface area contributed by atoms with Gasteiger partial charge in [-0.15, -0.1) is 0 Å². The van der Waals surface area contributed by atoms with Crippen molar-refractivity contribution >= 4 is 15.9 Å². The van der Waals surface area contributed by atoms with Crippen molar-refractivity contribution in [3.8, 4) is 0 Å². The Hall–Kier alpha value is -0.620. The van der Waals surface area contributed by atoms with Crippen LogP contribution in [0.15, 0.2) is 0 Å². The molecule has 15 heavy (non-hydrogen) atoms. The second kappa shape index (κ2) is 4.94. The van der Waals surface area contributed by atoms with Crippen molar-refractivity contribution in [1.82, 2.24) is 10.0 Å². The first-order valence-corrected chi connectivity index (χ1v) is 6.74. The Morgan fingerprint density at radius 3 is 2.60 bits per heavy atom. The molecule has 0 aromatic heterocycles. The van der Waals surface area contributed by atoms with Gasteiger partial charge in [0, 0.05) is 6.54 Å². The third-order valence-electron chi connectivity index (χ3n) is 2.53. The van der Waals surface area contributed by atoms with Crippen molar-refractivity contribution in [3.63, 3.8) is 0 Å². The van der Waals surface area contributed by atoms with Crippen LogP contribution in [0.25, 0.3) is 0 Å². The van der Waals surface area contributed by atoms with Crippen molar-refractivity contribution in [2.75, 3.05) is 13.1 Å². The molecular weight excluding hydrogens is 216 g/mol. The molecule has 0 aromatic carbocycles. The molecule has 1 aliphatic rings. The van der Waals surface area contributed by atoms with Crippen LogP contribution in [0.1, 0.15) is 26.7 Å². The van der Waals surface area contributed by atoms with Gasteiger partial charge in [-0.1, -0.05) is 0 Å². The fourth-order valence-corrected chi connectivity index (χ4v) is 2.10. The molecule has 5 nitrogen and oxygen atoms in total. The predicted octanol–water partition coefficient (Wildman–Crippen LogP) is -0.160. The van der Waals surface area contributed by atoms with E-state index in [9.17, 15) is 13.2 Å². The molecule has 1 atom stereocenters. The first-order valence-electron chi connectivity index (χ1n) is 5.19. The molecule has 2 N–H and O–H groups in total. The lowest BCUT2D eigenvalue weighted by Crippen LogP contribution is -2.44. The standard InChI is InChI=1S/C9H18N2O3S/c1-7(2)15(13,14)11-9(12)8-4-3-5-10-6-8/h7-8,10H,3-6H2,1-2H3,(H,11,12)/t8-/m0/s1. The van der Waals surface area contributed by atoms with E-state index in [4.69, 9.17) is 0 Å². The minimum Gasteiger partial charge on any atom is -0.316 e. The third kappa shape index (κ3) is 3.46. The maximum atomic E-state index is 11.6. The summed E-state index contributed by atoms with van der Waals surface area (Å²) >= 11 is 0. The summed E-state index contributed by atoms with van der Waals surface area (Å²) in [5, 5.41) is 2.50. The summed E-state index contributed by atoms with van der Waals surface area (Å²) in [5.74, 6) is -0.594. The van der Waals surface area contributed by atoms with Crippen LogP contribution in [0.2, 0.25) is 0 Å². The molecule has 1 saturated heterocycles. The minimum absolute atomic E-state index is 0.215. The van der Waals surface area contributed by atoms with Crippen LogP contribution in [-0.2, 0) is 14.8 Å². The average molecular weight is 234 g/mol. The van der Waals surface area contributed by atoms with E-state index in [1.54, 1.807) is 13.8 Å². The zero-order chi connectivity index (χ0) is 11.5. The van der Waals surface area contributed by atoms with Gasteiger partial charge in [-0.2, -0.15) is 0 Å². The normalized spacial score (nSPS) is 22.7. The Kier molecular flexibility index (Phi) is 4.10. The number of rotatable bonds is 3. The molecule has 1 aliphatic heterocycles. The van der Waals surface area contributed by atoms with Crippen molar-refractivity contribution in [2.45, 2.75) is 31.9 Å². The number of nitrogens with one attached hydrogen (secondary N) is 2. The van der Waals surface area contributed by atoms with Gasteiger partial charge in [0.05, 0.1) is 11.2 Å². The fraction of sp³-hybridized carbons (Fsp3) is 0.889. The number of hydrogen-bond donors (Lipinski definition) is 2. The molecule has 0 saturated carbocycles. The van der Waals surface area contributed by atoms with Crippen molar-refractivity contribution in [3.05, 3.63) is 0 Å². The molecule has 0 bridgehead atoms. The summed E-state index contributed by atoms with van der Waals surface area (Å²) in [6.45, 7) is 4.57. The summed E-state index contributed by atoms with van der Waals surface area (Å²) in [5.41, 5.74) is 0. The zero-order valence-electron chi connectivity index (χ0n) is 9.12. The molecule has 1 amide bonds. The van der Waals surface area contributed by atoms with Crippen molar-refractivity contribution < 1.29 is 13.2 Å². The lowest BCUT2D eigenvalue weighted by Gasteiger charge is -2.22. The van der Waals surface area contributed by atoms with E-state index in [0.29, 0.717) is 6.54 Å². The van der Waals surface area contributed by atoms with Crippen LogP contribution < -0.4 is 10.0 Å². The van der Waals surface area contributed by atoms with Crippen molar-refractivity contribution in [1.29, 1.82) is 0 Å². The Morgan fingerprint density at radius 1 is 1.47 bits per heavy atom. The van der Waals surface area contributed by atoms with Crippen LogP contribution in [0.4, 0.5) is 0 Å². The smallest absolute Gasteiger partial charge is 0.237 e. The van der Waals surface area contributed by atoms with Crippen LogP contribution in [-0.4, -0.2) is 32.7 Å². The largest absolute Gasteiger partial charge is 0.316 e. The summed E-state index contributed by atoms with van der Waals surface area (Å²) in [6.07, 6.45) is 1.67. The Labute approximate surface area is 90.7 Å². The number of carbonyl (C=O) groups is 1. The van der Waals surface area contributed by atoms with E-state index in [-0.39, 0.29) is 11.8 Å². The second-order valence-electron chi connectivity index (χ2n) is 4.10. The molecule has 1 fully saturated rings. The van der Waals surface area contributed by atoms with E-state index in [2.05, 4.69) is 10.0 Å². The SMILES string of the molecule is CC(C)S(=O)(=O)NC(=O)[C@H]1CCCNC1. The summed E-state index contributed by atoms with van der Waals surface area (Å²) in [7, 11) is -3.47. The van der Waals surface area contributed by atoms with Crippen molar-refractivity contribution in [2.24, 2.45) is 5.92 Å². The van der Waals surface area contributed by atoms with Gasteiger partial charge in [0.15, 0.2) is 0 Å². The van der Waals surface area contributed by atoms with E-state index < -0.39 is 15.3 Å². The molecule has 0 unspecified atom stereocenters. The number of amides is 1. The van der Waals surface area contributed by atoms with Crippen LogP contribution >= 0.6 is 0 Å². The van der Waals surface area contributed by atoms with Gasteiger partial charge in [0.25, 0.3) is 0 Å². The number of carbonyl (C=O) groups excluding carboxylic acids is 1. The maximum Gasteiger partial charge on any atom is 0.237 e. The average Bonchev–Trinajstić information content (AvgIpc) is 2.18. The zero-order valence-corrected chi connectivity index (χ0v) is 9.93. The minimum atomic E-state index is -3.47. The maximum absolute atomic E-state index is 11.6. The molecule has 1 heterocycles. The van der Waals surface area contributed by atoms with Gasteiger partial charge >= 0.3 is 0 Å². The molecule has 1 rings (SSSR count). The van der Waals surface area contributed by atoms with E-state index in [1.807, 2.05) is 0 Å². The lowest BCUT2D eigenvalue weighted by molar-refractivity contribution is -0.123. The Bertz CT molecular complexity index is 318. The van der Waals surface area contributed by atoms with E-state index >= 15 is 0 Å². The molecule has 0 spiro atoms. The fourth-order valence-electron chi connectivity index (χ4n) is 1.42. The molecule has 88 valence electrons. The number of sulfonamides is 1. The molecular formula is C9H18N2O3S. The Morgan fingerprint density at radius 2 is 2.13 bits per heavy atom. The van der Waals surface area contributed by atoms with Gasteiger partial charge in [-0.25, -0.2) is 8.42 Å². The molecule has 0 aromatic rings. The van der Waals surface area contributed by atoms with Gasteiger partial charge < -0.3 is 5.32 Å². The highest BCUT2D eigenvalue weighted by Crippen LogP contribution is 2.10. The monoisotopic (exact) mass is 234 g/mol. The highest BCUT2D eigenvalue weighted by atomic mass is 32.2. The van der Waals surface area contributed by atoms with Crippen LogP contribution in [0.3, 0.4) is 0 Å². The van der Waals surface area contributed by atoms with E-state index in [1.165, 1.54) is 0 Å². The first kappa shape index (κ1) is 12.4. The quantitative estimate of drug-likeness (QED) is 0.711. The summed E-state index contributed by atoms with van der Waals surface area (Å²) < 4.78 is 25.0. The third-order valence-corrected chi connectivity index (χ3v) is 4.26. The van der Waals surface area contributed by atoms with E-state index in [0.717, 1.165) is 19.4 Å². The molecule has 6 heteroatoms. The Balaban J connectivity index is 2.55. The predicted molar refractivity (Wildman–Crippen MR) is 57.8 cm³/mol. The van der Waals surface area contributed by atoms with Crippen LogP contribution in [0, 0.1) is 5.92 Å². The number of piperidine rings is 1. The summed E-state index contributed by atoms with van der Waals surface area (Å²) in [4.78, 5) is 11.6. The van der Waals surface area contributed by atoms with Gasteiger partial charge in [-0.05, 0) is 33.2 Å². The van der Waals surface area contributed by atoms with Gasteiger partial charge in [0.1, 0.15) is 0 Å². The van der Waals surface area contributed by atoms with Crippen LogP contribution in [0.5, 0.6) is 0 Å². The lowest BCUT2D eigenvalue weighted by atomic mass is 9.99. The topological polar surface area (TPSA) is 75.3 Å². The molecule has 0 aliphatic carbocycles. The number of hydrogen-bond acceptors (Lipinski definition) is 4. The van der Waals surface area contributed by atoms with Gasteiger partial charge in [-0.3, -0.25) is 9.52 Å².